The third-order valence-electron chi connectivity index (χ3n) is 3.85. The number of nitrogens with two attached hydrogens (primary N) is 1. The number of benzene rings is 1. The van der Waals surface area contributed by atoms with Gasteiger partial charge in [0.25, 0.3) is 0 Å². The zero-order chi connectivity index (χ0) is 16.3. The van der Waals surface area contributed by atoms with Crippen molar-refractivity contribution in [1.29, 1.82) is 0 Å². The van der Waals surface area contributed by atoms with Gasteiger partial charge in [-0.25, -0.2) is 17.5 Å². The first-order valence-electron chi connectivity index (χ1n) is 7.08. The van der Waals surface area contributed by atoms with Gasteiger partial charge in [-0.3, -0.25) is 0 Å². The summed E-state index contributed by atoms with van der Waals surface area (Å²) in [7, 11) is -1.31. The van der Waals surface area contributed by atoms with Crippen LogP contribution in [0.5, 0.6) is 11.5 Å². The van der Waals surface area contributed by atoms with Crippen molar-refractivity contribution in [3.05, 3.63) is 17.9 Å². The van der Waals surface area contributed by atoms with Crippen molar-refractivity contribution in [3.8, 4) is 11.5 Å². The summed E-state index contributed by atoms with van der Waals surface area (Å²) in [4.78, 5) is -0.470. The molecule has 0 radical (unpaired) electrons. The molecule has 1 fully saturated rings. The molecular formula is C14H21FN2O4S. The monoisotopic (exact) mass is 332 g/mol. The normalized spacial score (nSPS) is 22.4. The van der Waals surface area contributed by atoms with Gasteiger partial charge in [-0.2, -0.15) is 0 Å². The van der Waals surface area contributed by atoms with Gasteiger partial charge in [0.05, 0.1) is 14.2 Å². The largest absolute Gasteiger partial charge is 0.493 e. The van der Waals surface area contributed by atoms with Gasteiger partial charge in [-0.15, -0.1) is 0 Å². The summed E-state index contributed by atoms with van der Waals surface area (Å²) in [6.07, 6.45) is 3.27. The Kier molecular flexibility index (Phi) is 5.25. The average molecular weight is 332 g/mol. The summed E-state index contributed by atoms with van der Waals surface area (Å²) >= 11 is 0. The highest BCUT2D eigenvalue weighted by atomic mass is 32.2. The molecule has 0 spiro atoms. The van der Waals surface area contributed by atoms with Gasteiger partial charge < -0.3 is 15.2 Å². The van der Waals surface area contributed by atoms with E-state index in [9.17, 15) is 12.8 Å². The van der Waals surface area contributed by atoms with Gasteiger partial charge >= 0.3 is 0 Å². The minimum atomic E-state index is -4.02. The quantitative estimate of drug-likeness (QED) is 0.850. The lowest BCUT2D eigenvalue weighted by molar-refractivity contribution is 0.349. The van der Waals surface area contributed by atoms with E-state index in [1.165, 1.54) is 14.2 Å². The number of nitrogens with one attached hydrogen (secondary N) is 1. The minimum Gasteiger partial charge on any atom is -0.493 e. The zero-order valence-electron chi connectivity index (χ0n) is 12.6. The fraction of sp³-hybridized carbons (Fsp3) is 0.571. The van der Waals surface area contributed by atoms with Crippen LogP contribution in [0.2, 0.25) is 0 Å². The van der Waals surface area contributed by atoms with E-state index in [4.69, 9.17) is 15.2 Å². The Morgan fingerprint density at radius 3 is 2.36 bits per heavy atom. The van der Waals surface area contributed by atoms with E-state index in [2.05, 4.69) is 4.72 Å². The molecule has 2 atom stereocenters. The molecule has 0 amide bonds. The van der Waals surface area contributed by atoms with E-state index in [0.717, 1.165) is 31.4 Å². The number of halogens is 1. The third kappa shape index (κ3) is 3.50. The molecule has 0 saturated heterocycles. The SMILES string of the molecule is COc1cc(F)c(S(=O)(=O)N[C@@H]2CCCC[C@H]2N)cc1OC. The number of rotatable bonds is 5. The number of methoxy groups -OCH3 is 2. The molecule has 0 heterocycles. The summed E-state index contributed by atoms with van der Waals surface area (Å²) in [6, 6.07) is 1.47. The van der Waals surface area contributed by atoms with E-state index in [1.807, 2.05) is 0 Å². The number of hydrogen-bond acceptors (Lipinski definition) is 5. The zero-order valence-corrected chi connectivity index (χ0v) is 13.5. The van der Waals surface area contributed by atoms with E-state index in [-0.39, 0.29) is 23.6 Å². The Bertz CT molecular complexity index is 636. The van der Waals surface area contributed by atoms with Crippen molar-refractivity contribution < 1.29 is 22.3 Å². The topological polar surface area (TPSA) is 90.7 Å². The first kappa shape index (κ1) is 17.0. The second kappa shape index (κ2) is 6.80. The molecule has 1 saturated carbocycles. The van der Waals surface area contributed by atoms with E-state index in [0.29, 0.717) is 6.42 Å². The van der Waals surface area contributed by atoms with Crippen molar-refractivity contribution in [2.75, 3.05) is 14.2 Å². The fourth-order valence-electron chi connectivity index (χ4n) is 2.61. The first-order valence-corrected chi connectivity index (χ1v) is 8.57. The van der Waals surface area contributed by atoms with Gasteiger partial charge in [0, 0.05) is 24.2 Å². The van der Waals surface area contributed by atoms with Crippen molar-refractivity contribution in [2.24, 2.45) is 5.73 Å². The van der Waals surface area contributed by atoms with Gasteiger partial charge in [-0.1, -0.05) is 12.8 Å². The second-order valence-electron chi connectivity index (χ2n) is 5.31. The Morgan fingerprint density at radius 1 is 1.18 bits per heavy atom. The Morgan fingerprint density at radius 2 is 1.77 bits per heavy atom. The first-order chi connectivity index (χ1) is 10.4. The minimum absolute atomic E-state index is 0.133. The molecular weight excluding hydrogens is 311 g/mol. The van der Waals surface area contributed by atoms with Crippen LogP contribution in [0, 0.1) is 5.82 Å². The molecule has 1 aliphatic carbocycles. The van der Waals surface area contributed by atoms with Crippen LogP contribution in [0.15, 0.2) is 17.0 Å². The predicted molar refractivity (Wildman–Crippen MR) is 80.1 cm³/mol. The smallest absolute Gasteiger partial charge is 0.243 e. The molecule has 0 unspecified atom stereocenters. The molecule has 1 aromatic carbocycles. The van der Waals surface area contributed by atoms with Gasteiger partial charge in [0.15, 0.2) is 11.5 Å². The molecule has 22 heavy (non-hydrogen) atoms. The van der Waals surface area contributed by atoms with E-state index in [1.54, 1.807) is 0 Å². The van der Waals surface area contributed by atoms with Crippen LogP contribution in [0.1, 0.15) is 25.7 Å². The van der Waals surface area contributed by atoms with E-state index >= 15 is 0 Å². The van der Waals surface area contributed by atoms with Crippen molar-refractivity contribution in [2.45, 2.75) is 42.7 Å². The molecule has 124 valence electrons. The average Bonchev–Trinajstić information content (AvgIpc) is 2.48. The number of sulfonamides is 1. The lowest BCUT2D eigenvalue weighted by Gasteiger charge is -2.29. The summed E-state index contributed by atoms with van der Waals surface area (Å²) in [5.74, 6) is -0.611. The Hall–Kier alpha value is -1.38. The van der Waals surface area contributed by atoms with Crippen LogP contribution < -0.4 is 19.9 Å². The molecule has 0 aliphatic heterocycles. The van der Waals surface area contributed by atoms with Gasteiger partial charge in [0.1, 0.15) is 10.7 Å². The molecule has 0 bridgehead atoms. The van der Waals surface area contributed by atoms with Crippen molar-refractivity contribution in [3.63, 3.8) is 0 Å². The van der Waals surface area contributed by atoms with Crippen molar-refractivity contribution >= 4 is 10.0 Å². The van der Waals surface area contributed by atoms with Crippen LogP contribution in [0.4, 0.5) is 4.39 Å². The number of hydrogen-bond donors (Lipinski definition) is 2. The fourth-order valence-corrected chi connectivity index (χ4v) is 4.01. The van der Waals surface area contributed by atoms with Crippen LogP contribution >= 0.6 is 0 Å². The van der Waals surface area contributed by atoms with Crippen LogP contribution in [0.3, 0.4) is 0 Å². The molecule has 1 aliphatic rings. The highest BCUT2D eigenvalue weighted by molar-refractivity contribution is 7.89. The van der Waals surface area contributed by atoms with Gasteiger partial charge in [0.2, 0.25) is 10.0 Å². The maximum atomic E-state index is 14.1. The Labute approximate surface area is 129 Å². The summed E-state index contributed by atoms with van der Waals surface area (Å²) < 4.78 is 51.5. The second-order valence-corrected chi connectivity index (χ2v) is 7.00. The van der Waals surface area contributed by atoms with Crippen molar-refractivity contribution in [1.82, 2.24) is 4.72 Å². The molecule has 6 nitrogen and oxygen atoms in total. The van der Waals surface area contributed by atoms with Crippen LogP contribution in [-0.2, 0) is 10.0 Å². The van der Waals surface area contributed by atoms with Gasteiger partial charge in [-0.05, 0) is 12.8 Å². The van der Waals surface area contributed by atoms with E-state index < -0.39 is 20.7 Å². The highest BCUT2D eigenvalue weighted by Crippen LogP contribution is 2.32. The lowest BCUT2D eigenvalue weighted by Crippen LogP contribution is -2.49. The highest BCUT2D eigenvalue weighted by Gasteiger charge is 2.29. The molecule has 0 aromatic heterocycles. The standard InChI is InChI=1S/C14H21FN2O4S/c1-20-12-7-9(15)14(8-13(12)21-2)22(18,19)17-11-6-4-3-5-10(11)16/h7-8,10-11,17H,3-6,16H2,1-2H3/t10-,11-/m1/s1. The number of ether oxygens (including phenoxy) is 2. The lowest BCUT2D eigenvalue weighted by atomic mass is 9.92. The Balaban J connectivity index is 2.32. The molecule has 2 rings (SSSR count). The molecule has 8 heteroatoms. The van der Waals surface area contributed by atoms with Crippen LogP contribution in [-0.4, -0.2) is 34.7 Å². The summed E-state index contributed by atoms with van der Waals surface area (Å²) in [6.45, 7) is 0. The summed E-state index contributed by atoms with van der Waals surface area (Å²) in [5.41, 5.74) is 5.94. The summed E-state index contributed by atoms with van der Waals surface area (Å²) in [5, 5.41) is 0. The maximum Gasteiger partial charge on any atom is 0.243 e. The third-order valence-corrected chi connectivity index (χ3v) is 5.36. The van der Waals surface area contributed by atoms with Crippen LogP contribution in [0.25, 0.3) is 0 Å². The molecule has 1 aromatic rings. The predicted octanol–water partition coefficient (Wildman–Crippen LogP) is 1.39. The molecule has 3 N–H and O–H groups in total. The maximum absolute atomic E-state index is 14.1.